The average Bonchev–Trinajstić information content (AvgIpc) is 2.67. The molecule has 0 fully saturated rings. The lowest BCUT2D eigenvalue weighted by atomic mass is 9.91. The molecule has 1 amide bonds. The Labute approximate surface area is 151 Å². The maximum atomic E-state index is 12.2. The minimum Gasteiger partial charge on any atom is -0.372 e. The standard InChI is InChI=1S/C20H21NO5/c1-15(22)20(25,14-8-11-16-9-4-2-5-10-16)19(24)26-21-18(23)17-12-6-3-7-13-17/h2-7,9-10,12-13,25H,8,11,14H2,1H3,(H,21,23)/t20-/m0/s1. The zero-order valence-electron chi connectivity index (χ0n) is 14.5. The first-order valence-corrected chi connectivity index (χ1v) is 8.27. The van der Waals surface area contributed by atoms with Crippen molar-refractivity contribution in [2.24, 2.45) is 0 Å². The van der Waals surface area contributed by atoms with Crippen molar-refractivity contribution in [3.8, 4) is 0 Å². The number of hydroxylamine groups is 1. The Bertz CT molecular complexity index is 760. The van der Waals surface area contributed by atoms with Crippen LogP contribution in [0.4, 0.5) is 0 Å². The van der Waals surface area contributed by atoms with Crippen molar-refractivity contribution in [3.63, 3.8) is 0 Å². The van der Waals surface area contributed by atoms with Gasteiger partial charge in [-0.05, 0) is 43.9 Å². The predicted octanol–water partition coefficient (Wildman–Crippen LogP) is 2.22. The van der Waals surface area contributed by atoms with E-state index >= 15 is 0 Å². The maximum absolute atomic E-state index is 12.2. The van der Waals surface area contributed by atoms with Crippen molar-refractivity contribution in [3.05, 3.63) is 71.8 Å². The summed E-state index contributed by atoms with van der Waals surface area (Å²) in [5.41, 5.74) is 0.993. The molecule has 1 atom stereocenters. The summed E-state index contributed by atoms with van der Waals surface area (Å²) in [5, 5.41) is 10.4. The maximum Gasteiger partial charge on any atom is 0.371 e. The third-order valence-electron chi connectivity index (χ3n) is 4.04. The van der Waals surface area contributed by atoms with Gasteiger partial charge in [-0.2, -0.15) is 5.48 Å². The van der Waals surface area contributed by atoms with Crippen LogP contribution in [0.25, 0.3) is 0 Å². The van der Waals surface area contributed by atoms with Crippen molar-refractivity contribution in [1.29, 1.82) is 0 Å². The molecule has 0 aliphatic rings. The molecule has 0 heterocycles. The molecule has 0 saturated heterocycles. The molecule has 6 heteroatoms. The third kappa shape index (κ3) is 5.00. The van der Waals surface area contributed by atoms with Crippen molar-refractivity contribution in [2.75, 3.05) is 0 Å². The number of hydrogen-bond acceptors (Lipinski definition) is 5. The zero-order valence-corrected chi connectivity index (χ0v) is 14.5. The fraction of sp³-hybridized carbons (Fsp3) is 0.250. The number of aryl methyl sites for hydroxylation is 1. The quantitative estimate of drug-likeness (QED) is 0.587. The first kappa shape index (κ1) is 19.3. The summed E-state index contributed by atoms with van der Waals surface area (Å²) in [4.78, 5) is 40.5. The molecule has 0 unspecified atom stereocenters. The molecule has 0 spiro atoms. The van der Waals surface area contributed by atoms with E-state index in [2.05, 4.69) is 4.84 Å². The highest BCUT2D eigenvalue weighted by atomic mass is 16.7. The zero-order chi connectivity index (χ0) is 19.0. The Morgan fingerprint density at radius 2 is 1.58 bits per heavy atom. The van der Waals surface area contributed by atoms with Gasteiger partial charge in [0.1, 0.15) is 0 Å². The van der Waals surface area contributed by atoms with E-state index < -0.39 is 23.3 Å². The molecule has 6 nitrogen and oxygen atoms in total. The summed E-state index contributed by atoms with van der Waals surface area (Å²) in [6.45, 7) is 1.11. The van der Waals surface area contributed by atoms with E-state index in [-0.39, 0.29) is 12.0 Å². The van der Waals surface area contributed by atoms with Gasteiger partial charge in [0, 0.05) is 5.56 Å². The van der Waals surface area contributed by atoms with E-state index in [1.165, 1.54) is 0 Å². The molecule has 0 radical (unpaired) electrons. The fourth-order valence-corrected chi connectivity index (χ4v) is 2.44. The van der Waals surface area contributed by atoms with Crippen molar-refractivity contribution in [1.82, 2.24) is 5.48 Å². The lowest BCUT2D eigenvalue weighted by molar-refractivity contribution is -0.175. The lowest BCUT2D eigenvalue weighted by Gasteiger charge is -2.22. The van der Waals surface area contributed by atoms with Gasteiger partial charge in [-0.15, -0.1) is 0 Å². The van der Waals surface area contributed by atoms with Gasteiger partial charge in [0.05, 0.1) is 0 Å². The summed E-state index contributed by atoms with van der Waals surface area (Å²) >= 11 is 0. The largest absolute Gasteiger partial charge is 0.372 e. The number of ketones is 1. The van der Waals surface area contributed by atoms with Crippen LogP contribution in [0.1, 0.15) is 35.7 Å². The average molecular weight is 355 g/mol. The molecule has 26 heavy (non-hydrogen) atoms. The topological polar surface area (TPSA) is 92.7 Å². The number of carbonyl (C=O) groups excluding carboxylic acids is 3. The van der Waals surface area contributed by atoms with Gasteiger partial charge >= 0.3 is 5.97 Å². The molecule has 136 valence electrons. The normalized spacial score (nSPS) is 12.7. The van der Waals surface area contributed by atoms with Gasteiger partial charge in [0.2, 0.25) is 5.60 Å². The van der Waals surface area contributed by atoms with E-state index in [1.54, 1.807) is 30.3 Å². The third-order valence-corrected chi connectivity index (χ3v) is 4.04. The Morgan fingerprint density at radius 3 is 2.15 bits per heavy atom. The van der Waals surface area contributed by atoms with Gasteiger partial charge in [0.15, 0.2) is 5.78 Å². The van der Waals surface area contributed by atoms with Crippen LogP contribution in [0.2, 0.25) is 0 Å². The van der Waals surface area contributed by atoms with Crippen LogP contribution >= 0.6 is 0 Å². The van der Waals surface area contributed by atoms with Gasteiger partial charge in [-0.1, -0.05) is 48.5 Å². The number of rotatable bonds is 7. The van der Waals surface area contributed by atoms with Crippen LogP contribution in [0.15, 0.2) is 60.7 Å². The summed E-state index contributed by atoms with van der Waals surface area (Å²) < 4.78 is 0. The molecule has 2 N–H and O–H groups in total. The second kappa shape index (κ2) is 8.92. The second-order valence-electron chi connectivity index (χ2n) is 5.94. The lowest BCUT2D eigenvalue weighted by Crippen LogP contribution is -2.49. The smallest absolute Gasteiger partial charge is 0.371 e. The predicted molar refractivity (Wildman–Crippen MR) is 95.0 cm³/mol. The molecule has 0 aromatic heterocycles. The number of Topliss-reactive ketones (excluding diaryl/α,β-unsaturated/α-hetero) is 1. The fourth-order valence-electron chi connectivity index (χ4n) is 2.44. The number of hydrogen-bond donors (Lipinski definition) is 2. The van der Waals surface area contributed by atoms with Gasteiger partial charge in [0.25, 0.3) is 5.91 Å². The molecule has 0 aliphatic heterocycles. The van der Waals surface area contributed by atoms with Gasteiger partial charge in [-0.25, -0.2) is 4.79 Å². The van der Waals surface area contributed by atoms with Crippen LogP contribution in [0, 0.1) is 0 Å². The highest BCUT2D eigenvalue weighted by Gasteiger charge is 2.43. The van der Waals surface area contributed by atoms with Crippen molar-refractivity contribution in [2.45, 2.75) is 31.8 Å². The van der Waals surface area contributed by atoms with Crippen LogP contribution in [0.5, 0.6) is 0 Å². The molecule has 2 rings (SSSR count). The Kier molecular flexibility index (Phi) is 6.63. The molecule has 2 aromatic carbocycles. The second-order valence-corrected chi connectivity index (χ2v) is 5.94. The Hall–Kier alpha value is -2.99. The SMILES string of the molecule is CC(=O)[C@@](O)(CCCc1ccccc1)C(=O)ONC(=O)c1ccccc1. The highest BCUT2D eigenvalue weighted by molar-refractivity contribution is 6.06. The number of amides is 1. The van der Waals surface area contributed by atoms with E-state index in [4.69, 9.17) is 0 Å². The van der Waals surface area contributed by atoms with Crippen molar-refractivity contribution < 1.29 is 24.3 Å². The molecule has 0 saturated carbocycles. The van der Waals surface area contributed by atoms with E-state index in [0.717, 1.165) is 12.5 Å². The van der Waals surface area contributed by atoms with Crippen LogP contribution in [0.3, 0.4) is 0 Å². The number of nitrogens with one attached hydrogen (secondary N) is 1. The van der Waals surface area contributed by atoms with Crippen LogP contribution < -0.4 is 5.48 Å². The number of aliphatic hydroxyl groups is 1. The number of benzene rings is 2. The minimum atomic E-state index is -2.29. The highest BCUT2D eigenvalue weighted by Crippen LogP contribution is 2.18. The van der Waals surface area contributed by atoms with E-state index in [1.807, 2.05) is 35.8 Å². The Balaban J connectivity index is 1.92. The Morgan fingerprint density at radius 1 is 1.00 bits per heavy atom. The van der Waals surface area contributed by atoms with E-state index in [9.17, 15) is 19.5 Å². The summed E-state index contributed by atoms with van der Waals surface area (Å²) in [5.74, 6) is -2.57. The molecule has 0 bridgehead atoms. The van der Waals surface area contributed by atoms with Crippen molar-refractivity contribution >= 4 is 17.7 Å². The summed E-state index contributed by atoms with van der Waals surface area (Å²) in [6, 6.07) is 17.7. The molecule has 0 aliphatic carbocycles. The first-order chi connectivity index (χ1) is 12.4. The summed E-state index contributed by atoms with van der Waals surface area (Å²) in [6.07, 6.45) is 0.902. The van der Waals surface area contributed by atoms with Crippen LogP contribution in [-0.4, -0.2) is 28.4 Å². The minimum absolute atomic E-state index is 0.0999. The van der Waals surface area contributed by atoms with Gasteiger partial charge in [-0.3, -0.25) is 9.59 Å². The van der Waals surface area contributed by atoms with Gasteiger partial charge < -0.3 is 9.94 Å². The molecular weight excluding hydrogens is 334 g/mol. The number of carbonyl (C=O) groups is 3. The summed E-state index contributed by atoms with van der Waals surface area (Å²) in [7, 11) is 0. The first-order valence-electron chi connectivity index (χ1n) is 8.27. The molecular formula is C20H21NO5. The van der Waals surface area contributed by atoms with E-state index in [0.29, 0.717) is 12.8 Å². The monoisotopic (exact) mass is 355 g/mol. The molecule has 2 aromatic rings. The van der Waals surface area contributed by atoms with Crippen LogP contribution in [-0.2, 0) is 20.8 Å².